The Bertz CT molecular complexity index is 353. The molecular formula is C9H6BrF2NO. The third kappa shape index (κ3) is 2.50. The number of hydrogen-bond donors (Lipinski definition) is 1. The van der Waals surface area contributed by atoms with Crippen LogP contribution in [-0.2, 0) is 0 Å². The van der Waals surface area contributed by atoms with Crippen molar-refractivity contribution in [2.75, 3.05) is 0 Å². The zero-order valence-corrected chi connectivity index (χ0v) is 8.50. The van der Waals surface area contributed by atoms with Gasteiger partial charge in [0, 0.05) is 0 Å². The minimum Gasteiger partial charge on any atom is -0.381 e. The van der Waals surface area contributed by atoms with Crippen LogP contribution in [-0.4, -0.2) is 9.94 Å². The van der Waals surface area contributed by atoms with Gasteiger partial charge in [-0.3, -0.25) is 0 Å². The van der Waals surface area contributed by atoms with E-state index in [0.29, 0.717) is 5.56 Å². The molecule has 0 fully saturated rings. The average molecular weight is 262 g/mol. The number of nitriles is 1. The van der Waals surface area contributed by atoms with Gasteiger partial charge in [-0.05, 0) is 33.6 Å². The van der Waals surface area contributed by atoms with Crippen LogP contribution in [0.4, 0.5) is 8.78 Å². The van der Waals surface area contributed by atoms with E-state index < -0.39 is 10.9 Å². The highest BCUT2D eigenvalue weighted by atomic mass is 79.9. The van der Waals surface area contributed by atoms with Gasteiger partial charge in [-0.1, -0.05) is 12.1 Å². The molecule has 0 aromatic heterocycles. The van der Waals surface area contributed by atoms with E-state index in [0.717, 1.165) is 0 Å². The van der Waals surface area contributed by atoms with Crippen LogP contribution in [0.3, 0.4) is 0 Å². The van der Waals surface area contributed by atoms with Gasteiger partial charge in [0.1, 0.15) is 0 Å². The summed E-state index contributed by atoms with van der Waals surface area (Å²) < 4.78 is 25.2. The summed E-state index contributed by atoms with van der Waals surface area (Å²) in [5.41, 5.74) is 0.421. The van der Waals surface area contributed by atoms with Crippen molar-refractivity contribution in [3.05, 3.63) is 35.4 Å². The van der Waals surface area contributed by atoms with Crippen molar-refractivity contribution < 1.29 is 13.9 Å². The van der Waals surface area contributed by atoms with E-state index in [1.807, 2.05) is 6.07 Å². The average Bonchev–Trinajstić information content (AvgIpc) is 2.15. The first kappa shape index (κ1) is 11.1. The SMILES string of the molecule is N#Cc1ccc(C(O)C(F)(F)Br)cc1. The maximum Gasteiger partial charge on any atom is 0.330 e. The molecule has 0 aliphatic carbocycles. The van der Waals surface area contributed by atoms with E-state index in [1.54, 1.807) is 0 Å². The molecule has 0 saturated heterocycles. The fourth-order valence-corrected chi connectivity index (χ4v) is 1.19. The lowest BCUT2D eigenvalue weighted by molar-refractivity contribution is -0.0294. The van der Waals surface area contributed by atoms with Gasteiger partial charge < -0.3 is 5.11 Å². The molecule has 0 radical (unpaired) electrons. The molecule has 1 aromatic carbocycles. The lowest BCUT2D eigenvalue weighted by Gasteiger charge is -2.16. The van der Waals surface area contributed by atoms with E-state index in [9.17, 15) is 8.78 Å². The van der Waals surface area contributed by atoms with Crippen LogP contribution >= 0.6 is 15.9 Å². The number of benzene rings is 1. The second kappa shape index (κ2) is 4.03. The summed E-state index contributed by atoms with van der Waals surface area (Å²) in [5.74, 6) is 0. The Balaban J connectivity index is 2.94. The normalized spacial score (nSPS) is 13.4. The molecule has 74 valence electrons. The van der Waals surface area contributed by atoms with Crippen molar-refractivity contribution in [3.63, 3.8) is 0 Å². The van der Waals surface area contributed by atoms with Crippen LogP contribution in [0.2, 0.25) is 0 Å². The summed E-state index contributed by atoms with van der Waals surface area (Å²) in [4.78, 5) is -3.36. The quantitative estimate of drug-likeness (QED) is 0.832. The molecule has 0 aliphatic heterocycles. The van der Waals surface area contributed by atoms with Crippen LogP contribution in [0.1, 0.15) is 17.2 Å². The second-order valence-electron chi connectivity index (χ2n) is 2.68. The number of aliphatic hydroxyl groups excluding tert-OH is 1. The second-order valence-corrected chi connectivity index (χ2v) is 3.74. The molecule has 1 aromatic rings. The van der Waals surface area contributed by atoms with Crippen LogP contribution < -0.4 is 0 Å². The van der Waals surface area contributed by atoms with Gasteiger partial charge in [-0.15, -0.1) is 0 Å². The molecule has 14 heavy (non-hydrogen) atoms. The maximum absolute atomic E-state index is 12.6. The monoisotopic (exact) mass is 261 g/mol. The molecule has 1 N–H and O–H groups in total. The van der Waals surface area contributed by atoms with E-state index in [-0.39, 0.29) is 5.56 Å². The molecule has 1 atom stereocenters. The predicted octanol–water partition coefficient (Wildman–Crippen LogP) is 2.58. The summed E-state index contributed by atoms with van der Waals surface area (Å²) in [6, 6.07) is 7.18. The summed E-state index contributed by atoms with van der Waals surface area (Å²) in [5, 5.41) is 17.6. The van der Waals surface area contributed by atoms with Crippen molar-refractivity contribution in [1.82, 2.24) is 0 Å². The largest absolute Gasteiger partial charge is 0.381 e. The fourth-order valence-electron chi connectivity index (χ4n) is 0.929. The van der Waals surface area contributed by atoms with Gasteiger partial charge in [0.25, 0.3) is 0 Å². The summed E-state index contributed by atoms with van der Waals surface area (Å²) in [7, 11) is 0. The number of aliphatic hydroxyl groups is 1. The van der Waals surface area contributed by atoms with E-state index in [2.05, 4.69) is 15.9 Å². The molecule has 5 heteroatoms. The predicted molar refractivity (Wildman–Crippen MR) is 50.0 cm³/mol. The van der Waals surface area contributed by atoms with Gasteiger partial charge >= 0.3 is 4.83 Å². The van der Waals surface area contributed by atoms with Crippen LogP contribution in [0.25, 0.3) is 0 Å². The molecule has 2 nitrogen and oxygen atoms in total. The molecule has 0 spiro atoms. The van der Waals surface area contributed by atoms with Gasteiger partial charge in [-0.25, -0.2) is 0 Å². The first-order chi connectivity index (χ1) is 6.45. The van der Waals surface area contributed by atoms with Crippen LogP contribution in [0.15, 0.2) is 24.3 Å². The van der Waals surface area contributed by atoms with Crippen molar-refractivity contribution in [2.24, 2.45) is 0 Å². The lowest BCUT2D eigenvalue weighted by Crippen LogP contribution is -2.18. The Hall–Kier alpha value is -0.990. The number of halogens is 3. The Labute approximate surface area is 87.9 Å². The molecule has 0 saturated carbocycles. The minimum atomic E-state index is -3.36. The van der Waals surface area contributed by atoms with Crippen molar-refractivity contribution in [2.45, 2.75) is 10.9 Å². The van der Waals surface area contributed by atoms with Gasteiger partial charge in [0.05, 0.1) is 11.6 Å². The standard InChI is InChI=1S/C9H6BrF2NO/c10-9(11,12)8(14)7-3-1-6(5-13)2-4-7/h1-4,8,14H. The third-order valence-electron chi connectivity index (χ3n) is 1.67. The number of hydrogen-bond acceptors (Lipinski definition) is 2. The summed E-state index contributed by atoms with van der Waals surface area (Å²) in [6.45, 7) is 0. The van der Waals surface area contributed by atoms with Crippen LogP contribution in [0, 0.1) is 11.3 Å². The molecule has 0 heterocycles. The van der Waals surface area contributed by atoms with Crippen LogP contribution in [0.5, 0.6) is 0 Å². The van der Waals surface area contributed by atoms with E-state index in [4.69, 9.17) is 10.4 Å². The highest BCUT2D eigenvalue weighted by molar-refractivity contribution is 9.10. The Morgan fingerprint density at radius 1 is 1.36 bits per heavy atom. The Morgan fingerprint density at radius 2 is 1.86 bits per heavy atom. The summed E-state index contributed by atoms with van der Waals surface area (Å²) in [6.07, 6.45) is -1.91. The van der Waals surface area contributed by atoms with Gasteiger partial charge in [-0.2, -0.15) is 14.0 Å². The number of rotatable bonds is 2. The topological polar surface area (TPSA) is 44.0 Å². The zero-order chi connectivity index (χ0) is 10.8. The van der Waals surface area contributed by atoms with E-state index >= 15 is 0 Å². The Kier molecular flexibility index (Phi) is 3.19. The Morgan fingerprint density at radius 3 is 2.21 bits per heavy atom. The van der Waals surface area contributed by atoms with Crippen molar-refractivity contribution in [3.8, 4) is 6.07 Å². The third-order valence-corrected chi connectivity index (χ3v) is 2.10. The number of nitrogens with zero attached hydrogens (tertiary/aromatic N) is 1. The smallest absolute Gasteiger partial charge is 0.330 e. The van der Waals surface area contributed by atoms with Crippen molar-refractivity contribution in [1.29, 1.82) is 5.26 Å². The molecular weight excluding hydrogens is 256 g/mol. The highest BCUT2D eigenvalue weighted by Crippen LogP contribution is 2.36. The maximum atomic E-state index is 12.6. The fraction of sp³-hybridized carbons (Fsp3) is 0.222. The molecule has 0 amide bonds. The first-order valence-corrected chi connectivity index (χ1v) is 4.49. The summed E-state index contributed by atoms with van der Waals surface area (Å²) >= 11 is 2.07. The zero-order valence-electron chi connectivity index (χ0n) is 6.92. The molecule has 0 bridgehead atoms. The van der Waals surface area contributed by atoms with Gasteiger partial charge in [0.15, 0.2) is 6.10 Å². The minimum absolute atomic E-state index is 0.0610. The highest BCUT2D eigenvalue weighted by Gasteiger charge is 2.35. The molecule has 1 unspecified atom stereocenters. The van der Waals surface area contributed by atoms with Crippen molar-refractivity contribution >= 4 is 15.9 Å². The van der Waals surface area contributed by atoms with Gasteiger partial charge in [0.2, 0.25) is 0 Å². The lowest BCUT2D eigenvalue weighted by atomic mass is 10.1. The van der Waals surface area contributed by atoms with E-state index in [1.165, 1.54) is 24.3 Å². The molecule has 1 rings (SSSR count). The first-order valence-electron chi connectivity index (χ1n) is 3.70. The number of alkyl halides is 3. The molecule has 0 aliphatic rings.